The molecular weight excluding hydrogens is 286 g/mol. The second kappa shape index (κ2) is 7.11. The topological polar surface area (TPSA) is 91.7 Å². The van der Waals surface area contributed by atoms with Gasteiger partial charge in [-0.15, -0.1) is 0 Å². The molecular formula is C15H21N3O4. The summed E-state index contributed by atoms with van der Waals surface area (Å²) in [5.74, 6) is 0.377. The summed E-state index contributed by atoms with van der Waals surface area (Å²) < 4.78 is 5.13. The van der Waals surface area contributed by atoms with Crippen LogP contribution in [-0.2, 0) is 16.1 Å². The third kappa shape index (κ3) is 4.09. The quantitative estimate of drug-likeness (QED) is 0.742. The molecule has 1 saturated heterocycles. The van der Waals surface area contributed by atoms with E-state index in [1.807, 2.05) is 0 Å². The number of nitrogens with zero attached hydrogens (tertiary/aromatic N) is 1. The van der Waals surface area contributed by atoms with Crippen molar-refractivity contribution in [1.29, 1.82) is 0 Å². The van der Waals surface area contributed by atoms with E-state index in [-0.39, 0.29) is 18.9 Å². The van der Waals surface area contributed by atoms with Crippen LogP contribution in [0.3, 0.4) is 0 Å². The molecule has 22 heavy (non-hydrogen) atoms. The summed E-state index contributed by atoms with van der Waals surface area (Å²) in [7, 11) is 0. The summed E-state index contributed by atoms with van der Waals surface area (Å²) >= 11 is 0. The van der Waals surface area contributed by atoms with Crippen LogP contribution in [0.25, 0.3) is 0 Å². The zero-order valence-electron chi connectivity index (χ0n) is 12.8. The van der Waals surface area contributed by atoms with Crippen LogP contribution in [0.1, 0.15) is 32.4 Å². The van der Waals surface area contributed by atoms with Crippen LogP contribution < -0.4 is 10.6 Å². The first kappa shape index (κ1) is 16.1. The molecule has 2 N–H and O–H groups in total. The van der Waals surface area contributed by atoms with Gasteiger partial charge in [0.2, 0.25) is 5.91 Å². The van der Waals surface area contributed by atoms with Crippen molar-refractivity contribution in [2.75, 3.05) is 6.54 Å². The Labute approximate surface area is 129 Å². The first-order valence-electron chi connectivity index (χ1n) is 7.38. The van der Waals surface area contributed by atoms with E-state index in [1.165, 1.54) is 6.26 Å². The van der Waals surface area contributed by atoms with E-state index >= 15 is 0 Å². The summed E-state index contributed by atoms with van der Waals surface area (Å²) in [4.78, 5) is 36.9. The van der Waals surface area contributed by atoms with Gasteiger partial charge in [0.25, 0.3) is 5.91 Å². The highest BCUT2D eigenvalue weighted by Gasteiger charge is 2.39. The zero-order valence-corrected chi connectivity index (χ0v) is 12.8. The smallest absolute Gasteiger partial charge is 0.325 e. The summed E-state index contributed by atoms with van der Waals surface area (Å²) in [6, 6.07) is 2.07. The maximum absolute atomic E-state index is 12.2. The van der Waals surface area contributed by atoms with Crippen molar-refractivity contribution < 1.29 is 18.8 Å². The van der Waals surface area contributed by atoms with Crippen molar-refractivity contribution in [3.63, 3.8) is 0 Å². The molecule has 7 nitrogen and oxygen atoms in total. The molecule has 4 amide bonds. The molecule has 1 aromatic rings. The van der Waals surface area contributed by atoms with Crippen LogP contribution in [0.15, 0.2) is 22.8 Å². The van der Waals surface area contributed by atoms with Crippen molar-refractivity contribution in [2.24, 2.45) is 5.92 Å². The highest BCUT2D eigenvalue weighted by molar-refractivity contribution is 6.05. The summed E-state index contributed by atoms with van der Waals surface area (Å²) in [6.07, 6.45) is 2.31. The molecule has 2 rings (SSSR count). The standard InChI is InChI=1S/C15H21N3O4/c1-10(2)5-6-16-13(19)8-12-14(20)18(15(21)17-12)9-11-4-3-7-22-11/h3-4,7,10,12H,5-6,8-9H2,1-2H3,(H,16,19)(H,17,21). The van der Waals surface area contributed by atoms with E-state index in [0.29, 0.717) is 18.2 Å². The van der Waals surface area contributed by atoms with Gasteiger partial charge >= 0.3 is 6.03 Å². The number of rotatable bonds is 7. The van der Waals surface area contributed by atoms with Crippen molar-refractivity contribution in [3.05, 3.63) is 24.2 Å². The monoisotopic (exact) mass is 307 g/mol. The number of hydrogen-bond donors (Lipinski definition) is 2. The lowest BCUT2D eigenvalue weighted by Gasteiger charge is -2.11. The highest BCUT2D eigenvalue weighted by Crippen LogP contribution is 2.14. The molecule has 1 aliphatic rings. The average molecular weight is 307 g/mol. The van der Waals surface area contributed by atoms with Crippen LogP contribution in [0.2, 0.25) is 0 Å². The molecule has 0 saturated carbocycles. The predicted octanol–water partition coefficient (Wildman–Crippen LogP) is 1.25. The molecule has 1 unspecified atom stereocenters. The fourth-order valence-electron chi connectivity index (χ4n) is 2.18. The maximum atomic E-state index is 12.2. The van der Waals surface area contributed by atoms with Crippen LogP contribution in [-0.4, -0.2) is 35.3 Å². The number of imide groups is 1. The Hall–Kier alpha value is -2.31. The first-order chi connectivity index (χ1) is 10.5. The maximum Gasteiger partial charge on any atom is 0.325 e. The Kier molecular flexibility index (Phi) is 5.19. The fourth-order valence-corrected chi connectivity index (χ4v) is 2.18. The lowest BCUT2D eigenvalue weighted by atomic mass is 10.1. The molecule has 0 bridgehead atoms. The Morgan fingerprint density at radius 2 is 2.23 bits per heavy atom. The number of carbonyl (C=O) groups is 3. The Balaban J connectivity index is 1.84. The van der Waals surface area contributed by atoms with Crippen molar-refractivity contribution in [2.45, 2.75) is 39.3 Å². The lowest BCUT2D eigenvalue weighted by molar-refractivity contribution is -0.131. The molecule has 7 heteroatoms. The Morgan fingerprint density at radius 1 is 1.45 bits per heavy atom. The summed E-state index contributed by atoms with van der Waals surface area (Å²) in [5, 5.41) is 5.29. The molecule has 1 fully saturated rings. The van der Waals surface area contributed by atoms with Crippen molar-refractivity contribution in [1.82, 2.24) is 15.5 Å². The van der Waals surface area contributed by atoms with E-state index in [2.05, 4.69) is 24.5 Å². The molecule has 0 spiro atoms. The Bertz CT molecular complexity index is 539. The van der Waals surface area contributed by atoms with E-state index in [9.17, 15) is 14.4 Å². The van der Waals surface area contributed by atoms with Gasteiger partial charge in [0, 0.05) is 6.54 Å². The number of nitrogens with one attached hydrogen (secondary N) is 2. The second-order valence-corrected chi connectivity index (χ2v) is 5.74. The number of furan rings is 1. The Morgan fingerprint density at radius 3 is 2.86 bits per heavy atom. The molecule has 2 heterocycles. The van der Waals surface area contributed by atoms with Gasteiger partial charge in [-0.1, -0.05) is 13.8 Å². The number of carbonyl (C=O) groups excluding carboxylic acids is 3. The van der Waals surface area contributed by atoms with Crippen LogP contribution >= 0.6 is 0 Å². The van der Waals surface area contributed by atoms with Gasteiger partial charge in [-0.05, 0) is 24.5 Å². The number of hydrogen-bond acceptors (Lipinski definition) is 4. The third-order valence-electron chi connectivity index (χ3n) is 3.43. The van der Waals surface area contributed by atoms with Crippen molar-refractivity contribution in [3.8, 4) is 0 Å². The van der Waals surface area contributed by atoms with E-state index in [1.54, 1.807) is 12.1 Å². The second-order valence-electron chi connectivity index (χ2n) is 5.74. The van der Waals surface area contributed by atoms with E-state index in [4.69, 9.17) is 4.42 Å². The van der Waals surface area contributed by atoms with Gasteiger partial charge in [-0.3, -0.25) is 14.5 Å². The summed E-state index contributed by atoms with van der Waals surface area (Å²) in [5.41, 5.74) is 0. The molecule has 120 valence electrons. The van der Waals surface area contributed by atoms with E-state index in [0.717, 1.165) is 11.3 Å². The van der Waals surface area contributed by atoms with Crippen LogP contribution in [0.4, 0.5) is 4.79 Å². The third-order valence-corrected chi connectivity index (χ3v) is 3.43. The highest BCUT2D eigenvalue weighted by atomic mass is 16.3. The lowest BCUT2D eigenvalue weighted by Crippen LogP contribution is -2.37. The van der Waals surface area contributed by atoms with Gasteiger partial charge in [-0.25, -0.2) is 4.79 Å². The minimum absolute atomic E-state index is 0.0443. The van der Waals surface area contributed by atoms with Gasteiger partial charge < -0.3 is 15.1 Å². The van der Waals surface area contributed by atoms with Gasteiger partial charge in [0.05, 0.1) is 19.2 Å². The molecule has 1 aromatic heterocycles. The minimum atomic E-state index is -0.804. The predicted molar refractivity (Wildman–Crippen MR) is 78.7 cm³/mol. The largest absolute Gasteiger partial charge is 0.467 e. The number of amides is 4. The SMILES string of the molecule is CC(C)CCNC(=O)CC1NC(=O)N(Cc2ccco2)C1=O. The fraction of sp³-hybridized carbons (Fsp3) is 0.533. The van der Waals surface area contributed by atoms with Gasteiger partial charge in [-0.2, -0.15) is 0 Å². The van der Waals surface area contributed by atoms with Crippen LogP contribution in [0.5, 0.6) is 0 Å². The molecule has 1 atom stereocenters. The normalized spacial score (nSPS) is 18.0. The van der Waals surface area contributed by atoms with Crippen molar-refractivity contribution >= 4 is 17.8 Å². The molecule has 0 aromatic carbocycles. The molecule has 0 aliphatic carbocycles. The zero-order chi connectivity index (χ0) is 16.1. The molecule has 0 radical (unpaired) electrons. The van der Waals surface area contributed by atoms with E-state index < -0.39 is 18.0 Å². The summed E-state index contributed by atoms with van der Waals surface area (Å²) in [6.45, 7) is 4.78. The average Bonchev–Trinajstić information content (AvgIpc) is 3.03. The van der Waals surface area contributed by atoms with Crippen LogP contribution in [0, 0.1) is 5.92 Å². The number of urea groups is 1. The van der Waals surface area contributed by atoms with Gasteiger partial charge in [0.15, 0.2) is 0 Å². The minimum Gasteiger partial charge on any atom is -0.467 e. The first-order valence-corrected chi connectivity index (χ1v) is 7.38. The molecule has 1 aliphatic heterocycles. The van der Waals surface area contributed by atoms with Gasteiger partial charge in [0.1, 0.15) is 11.8 Å².